The third-order valence-electron chi connectivity index (χ3n) is 3.66. The summed E-state index contributed by atoms with van der Waals surface area (Å²) in [5, 5.41) is 7.54. The lowest BCUT2D eigenvalue weighted by molar-refractivity contribution is -0.0109. The average Bonchev–Trinajstić information content (AvgIpc) is 2.75. The van der Waals surface area contributed by atoms with Crippen molar-refractivity contribution in [1.82, 2.24) is 15.1 Å². The first-order valence-electron chi connectivity index (χ1n) is 6.44. The Kier molecular flexibility index (Phi) is 4.18. The van der Waals surface area contributed by atoms with E-state index in [-0.39, 0.29) is 0 Å². The van der Waals surface area contributed by atoms with Crippen LogP contribution < -0.4 is 5.32 Å². The number of aryl methyl sites for hydroxylation is 2. The Labute approximate surface area is 103 Å². The second-order valence-electron chi connectivity index (χ2n) is 5.21. The van der Waals surface area contributed by atoms with Crippen LogP contribution in [0.25, 0.3) is 0 Å². The van der Waals surface area contributed by atoms with Crippen LogP contribution in [0.15, 0.2) is 12.4 Å². The third-order valence-corrected chi connectivity index (χ3v) is 3.66. The van der Waals surface area contributed by atoms with E-state index in [9.17, 15) is 0 Å². The number of aromatic nitrogens is 2. The molecule has 1 atom stereocenters. The molecule has 0 aromatic carbocycles. The van der Waals surface area contributed by atoms with Crippen LogP contribution in [0.1, 0.15) is 24.8 Å². The zero-order valence-electron chi connectivity index (χ0n) is 10.9. The van der Waals surface area contributed by atoms with Crippen molar-refractivity contribution in [2.75, 3.05) is 26.8 Å². The fourth-order valence-corrected chi connectivity index (χ4v) is 2.72. The van der Waals surface area contributed by atoms with Crippen LogP contribution in [0.2, 0.25) is 0 Å². The predicted octanol–water partition coefficient (Wildman–Crippen LogP) is 1.37. The van der Waals surface area contributed by atoms with Crippen LogP contribution in [-0.2, 0) is 18.2 Å². The zero-order valence-corrected chi connectivity index (χ0v) is 10.9. The minimum absolute atomic E-state index is 0.322. The van der Waals surface area contributed by atoms with Gasteiger partial charge < -0.3 is 10.1 Å². The van der Waals surface area contributed by atoms with Crippen LogP contribution in [0.5, 0.6) is 0 Å². The number of hydrogen-bond donors (Lipinski definition) is 1. The van der Waals surface area contributed by atoms with Gasteiger partial charge in [0.15, 0.2) is 0 Å². The van der Waals surface area contributed by atoms with E-state index in [0.717, 1.165) is 26.2 Å². The summed E-state index contributed by atoms with van der Waals surface area (Å²) in [6.45, 7) is 2.87. The number of hydrogen-bond acceptors (Lipinski definition) is 3. The van der Waals surface area contributed by atoms with E-state index >= 15 is 0 Å². The first kappa shape index (κ1) is 12.6. The standard InChI is InChI=1S/C13H23N3O/c1-14-10-13(5-3-7-17-11-13)6-4-12-8-15-16(2)9-12/h8-9,14H,3-7,10-11H2,1-2H3. The molecule has 4 nitrogen and oxygen atoms in total. The highest BCUT2D eigenvalue weighted by Gasteiger charge is 2.31. The molecule has 2 heterocycles. The molecule has 1 saturated heterocycles. The summed E-state index contributed by atoms with van der Waals surface area (Å²) in [7, 11) is 4.00. The van der Waals surface area contributed by atoms with Gasteiger partial charge in [0.25, 0.3) is 0 Å². The molecule has 17 heavy (non-hydrogen) atoms. The molecule has 4 heteroatoms. The Morgan fingerprint density at radius 2 is 2.47 bits per heavy atom. The van der Waals surface area contributed by atoms with Gasteiger partial charge in [0.2, 0.25) is 0 Å². The fourth-order valence-electron chi connectivity index (χ4n) is 2.72. The normalized spacial score (nSPS) is 25.1. The molecule has 0 aliphatic carbocycles. The Hall–Kier alpha value is -0.870. The van der Waals surface area contributed by atoms with Crippen LogP contribution in [0, 0.1) is 5.41 Å². The maximum absolute atomic E-state index is 5.67. The predicted molar refractivity (Wildman–Crippen MR) is 67.9 cm³/mol. The summed E-state index contributed by atoms with van der Waals surface area (Å²) in [4.78, 5) is 0. The van der Waals surface area contributed by atoms with Crippen molar-refractivity contribution in [1.29, 1.82) is 0 Å². The van der Waals surface area contributed by atoms with Crippen LogP contribution in [-0.4, -0.2) is 36.6 Å². The first-order valence-corrected chi connectivity index (χ1v) is 6.44. The van der Waals surface area contributed by atoms with Crippen molar-refractivity contribution >= 4 is 0 Å². The van der Waals surface area contributed by atoms with E-state index in [1.165, 1.54) is 24.8 Å². The Bertz CT molecular complexity index is 337. The van der Waals surface area contributed by atoms with E-state index in [4.69, 9.17) is 4.74 Å². The van der Waals surface area contributed by atoms with Gasteiger partial charge >= 0.3 is 0 Å². The lowest BCUT2D eigenvalue weighted by Gasteiger charge is -2.37. The highest BCUT2D eigenvalue weighted by atomic mass is 16.5. The largest absolute Gasteiger partial charge is 0.381 e. The highest BCUT2D eigenvalue weighted by molar-refractivity contribution is 5.05. The van der Waals surface area contributed by atoms with Gasteiger partial charge in [0, 0.05) is 31.8 Å². The summed E-state index contributed by atoms with van der Waals surface area (Å²) in [5.74, 6) is 0. The van der Waals surface area contributed by atoms with Crippen LogP contribution in [0.4, 0.5) is 0 Å². The summed E-state index contributed by atoms with van der Waals surface area (Å²) in [6.07, 6.45) is 8.81. The fraction of sp³-hybridized carbons (Fsp3) is 0.769. The SMILES string of the molecule is CNCC1(CCc2cnn(C)c2)CCCOC1. The number of rotatable bonds is 5. The van der Waals surface area contributed by atoms with Gasteiger partial charge in [-0.05, 0) is 38.3 Å². The van der Waals surface area contributed by atoms with Crippen molar-refractivity contribution in [2.24, 2.45) is 12.5 Å². The highest BCUT2D eigenvalue weighted by Crippen LogP contribution is 2.32. The Morgan fingerprint density at radius 3 is 3.06 bits per heavy atom. The minimum Gasteiger partial charge on any atom is -0.381 e. The van der Waals surface area contributed by atoms with E-state index in [0.29, 0.717) is 5.41 Å². The van der Waals surface area contributed by atoms with Gasteiger partial charge in [0.1, 0.15) is 0 Å². The van der Waals surface area contributed by atoms with Gasteiger partial charge in [-0.3, -0.25) is 4.68 Å². The maximum atomic E-state index is 5.67. The Morgan fingerprint density at radius 1 is 1.59 bits per heavy atom. The van der Waals surface area contributed by atoms with E-state index in [1.54, 1.807) is 0 Å². The molecule has 0 saturated carbocycles. The molecule has 0 amide bonds. The number of ether oxygens (including phenoxy) is 1. The molecule has 2 rings (SSSR count). The molecule has 1 aliphatic rings. The molecule has 1 N–H and O–H groups in total. The molecule has 0 radical (unpaired) electrons. The molecule has 1 aromatic rings. The van der Waals surface area contributed by atoms with Gasteiger partial charge in [0.05, 0.1) is 12.8 Å². The zero-order chi connectivity index (χ0) is 12.1. The van der Waals surface area contributed by atoms with Crippen molar-refractivity contribution in [2.45, 2.75) is 25.7 Å². The van der Waals surface area contributed by atoms with Crippen LogP contribution >= 0.6 is 0 Å². The molecular weight excluding hydrogens is 214 g/mol. The van der Waals surface area contributed by atoms with Gasteiger partial charge in [-0.15, -0.1) is 0 Å². The molecule has 0 spiro atoms. The summed E-state index contributed by atoms with van der Waals surface area (Å²) in [5.41, 5.74) is 1.65. The van der Waals surface area contributed by atoms with Gasteiger partial charge in [-0.25, -0.2) is 0 Å². The van der Waals surface area contributed by atoms with Crippen molar-refractivity contribution in [3.05, 3.63) is 18.0 Å². The van der Waals surface area contributed by atoms with E-state index in [1.807, 2.05) is 25.0 Å². The van der Waals surface area contributed by atoms with Crippen molar-refractivity contribution in [3.8, 4) is 0 Å². The molecule has 96 valence electrons. The first-order chi connectivity index (χ1) is 8.24. The van der Waals surface area contributed by atoms with E-state index in [2.05, 4.69) is 16.6 Å². The summed E-state index contributed by atoms with van der Waals surface area (Å²) >= 11 is 0. The van der Waals surface area contributed by atoms with Gasteiger partial charge in [-0.2, -0.15) is 5.10 Å². The molecule has 1 aromatic heterocycles. The second-order valence-corrected chi connectivity index (χ2v) is 5.21. The summed E-state index contributed by atoms with van der Waals surface area (Å²) < 4.78 is 7.54. The van der Waals surface area contributed by atoms with E-state index < -0.39 is 0 Å². The van der Waals surface area contributed by atoms with Crippen molar-refractivity contribution < 1.29 is 4.74 Å². The molecular formula is C13H23N3O. The minimum atomic E-state index is 0.322. The lowest BCUT2D eigenvalue weighted by Crippen LogP contribution is -2.40. The third kappa shape index (κ3) is 3.30. The smallest absolute Gasteiger partial charge is 0.0534 e. The van der Waals surface area contributed by atoms with Crippen LogP contribution in [0.3, 0.4) is 0 Å². The summed E-state index contributed by atoms with van der Waals surface area (Å²) in [6, 6.07) is 0. The average molecular weight is 237 g/mol. The second kappa shape index (κ2) is 5.65. The van der Waals surface area contributed by atoms with Crippen molar-refractivity contribution in [3.63, 3.8) is 0 Å². The quantitative estimate of drug-likeness (QED) is 0.840. The lowest BCUT2D eigenvalue weighted by atomic mass is 9.78. The molecule has 1 fully saturated rings. The topological polar surface area (TPSA) is 39.1 Å². The molecule has 1 unspecified atom stereocenters. The Balaban J connectivity index is 1.93. The maximum Gasteiger partial charge on any atom is 0.0534 e. The number of nitrogens with zero attached hydrogens (tertiary/aromatic N) is 2. The molecule has 0 bridgehead atoms. The molecule has 1 aliphatic heterocycles. The van der Waals surface area contributed by atoms with Gasteiger partial charge in [-0.1, -0.05) is 0 Å². The monoisotopic (exact) mass is 237 g/mol. The number of nitrogens with one attached hydrogen (secondary N) is 1.